The van der Waals surface area contributed by atoms with Gasteiger partial charge in [-0.25, -0.2) is 0 Å². The van der Waals surface area contributed by atoms with Crippen LogP contribution in [-0.2, 0) is 11.3 Å². The zero-order valence-electron chi connectivity index (χ0n) is 15.7. The highest BCUT2D eigenvalue weighted by atomic mass is 35.5. The Labute approximate surface area is 168 Å². The van der Waals surface area contributed by atoms with Crippen molar-refractivity contribution >= 4 is 23.4 Å². The first-order valence-electron chi connectivity index (χ1n) is 8.40. The first kappa shape index (κ1) is 21.1. The van der Waals surface area contributed by atoms with Gasteiger partial charge in [-0.15, -0.1) is 0 Å². The minimum Gasteiger partial charge on any atom is -0.497 e. The van der Waals surface area contributed by atoms with Gasteiger partial charge in [0.2, 0.25) is 5.91 Å². The first-order chi connectivity index (χ1) is 13.4. The van der Waals surface area contributed by atoms with E-state index in [0.29, 0.717) is 34.3 Å². The quantitative estimate of drug-likeness (QED) is 0.560. The van der Waals surface area contributed by atoms with Crippen LogP contribution in [0, 0.1) is 0 Å². The van der Waals surface area contributed by atoms with Crippen LogP contribution in [-0.4, -0.2) is 26.0 Å². The maximum atomic E-state index is 12.3. The van der Waals surface area contributed by atoms with Gasteiger partial charge in [0, 0.05) is 23.3 Å². The van der Waals surface area contributed by atoms with Crippen molar-refractivity contribution in [2.45, 2.75) is 13.0 Å². The number of ether oxygens (including phenoxy) is 2. The van der Waals surface area contributed by atoms with Crippen LogP contribution >= 0.6 is 11.6 Å². The number of hydrogen-bond donors (Lipinski definition) is 3. The lowest BCUT2D eigenvalue weighted by atomic mass is 10.2. The van der Waals surface area contributed by atoms with Crippen LogP contribution in [0.3, 0.4) is 0 Å². The number of nitrogens with one attached hydrogen (secondary N) is 3. The van der Waals surface area contributed by atoms with Crippen LogP contribution in [0.25, 0.3) is 0 Å². The molecule has 0 unspecified atom stereocenters. The number of hydrazine groups is 1. The summed E-state index contributed by atoms with van der Waals surface area (Å²) < 4.78 is 10.3. The molecule has 148 valence electrons. The fourth-order valence-corrected chi connectivity index (χ4v) is 2.43. The lowest BCUT2D eigenvalue weighted by Gasteiger charge is -2.13. The van der Waals surface area contributed by atoms with Crippen molar-refractivity contribution in [2.75, 3.05) is 14.2 Å². The molecule has 3 N–H and O–H groups in total. The molecule has 0 bridgehead atoms. The molecule has 28 heavy (non-hydrogen) atoms. The number of hydrogen-bond acceptors (Lipinski definition) is 5. The molecule has 0 aromatic heterocycles. The molecule has 0 atom stereocenters. The summed E-state index contributed by atoms with van der Waals surface area (Å²) in [6.07, 6.45) is 0.00756. The Morgan fingerprint density at radius 3 is 2.39 bits per heavy atom. The number of carbonyl (C=O) groups is 2. The fraction of sp³-hybridized carbons (Fsp3) is 0.200. The Morgan fingerprint density at radius 1 is 1.04 bits per heavy atom. The zero-order valence-corrected chi connectivity index (χ0v) is 16.4. The molecule has 0 aliphatic rings. The second kappa shape index (κ2) is 10.2. The summed E-state index contributed by atoms with van der Waals surface area (Å²) in [5, 5.41) is 3.41. The predicted molar refractivity (Wildman–Crippen MR) is 107 cm³/mol. The van der Waals surface area contributed by atoms with E-state index in [0.717, 1.165) is 5.56 Å². The first-order valence-corrected chi connectivity index (χ1v) is 8.78. The van der Waals surface area contributed by atoms with Crippen molar-refractivity contribution in [2.24, 2.45) is 0 Å². The molecule has 2 amide bonds. The highest BCUT2D eigenvalue weighted by Crippen LogP contribution is 2.24. The monoisotopic (exact) mass is 403 g/mol. The van der Waals surface area contributed by atoms with Crippen LogP contribution < -0.4 is 25.6 Å². The predicted octanol–water partition coefficient (Wildman–Crippen LogP) is 2.81. The minimum absolute atomic E-state index is 0.00756. The van der Waals surface area contributed by atoms with E-state index in [1.807, 2.05) is 12.1 Å². The third kappa shape index (κ3) is 6.21. The topological polar surface area (TPSA) is 88.7 Å². The summed E-state index contributed by atoms with van der Waals surface area (Å²) >= 11 is 5.83. The molecular weight excluding hydrogens is 382 g/mol. The van der Waals surface area contributed by atoms with Crippen molar-refractivity contribution in [1.82, 2.24) is 16.2 Å². The molecule has 7 nitrogen and oxygen atoms in total. The summed E-state index contributed by atoms with van der Waals surface area (Å²) in [6, 6.07) is 12.0. The van der Waals surface area contributed by atoms with Crippen molar-refractivity contribution < 1.29 is 19.1 Å². The third-order valence-corrected chi connectivity index (χ3v) is 4.03. The van der Waals surface area contributed by atoms with Crippen LogP contribution in [0.1, 0.15) is 22.3 Å². The summed E-state index contributed by atoms with van der Waals surface area (Å²) in [4.78, 5) is 24.3. The third-order valence-electron chi connectivity index (χ3n) is 3.78. The van der Waals surface area contributed by atoms with Gasteiger partial charge < -0.3 is 20.2 Å². The molecule has 8 heteroatoms. The van der Waals surface area contributed by atoms with Gasteiger partial charge in [0.05, 0.1) is 26.2 Å². The largest absolute Gasteiger partial charge is 0.497 e. The van der Waals surface area contributed by atoms with Crippen LogP contribution in [0.15, 0.2) is 54.7 Å². The Morgan fingerprint density at radius 2 is 1.75 bits per heavy atom. The number of rotatable bonds is 9. The van der Waals surface area contributed by atoms with Gasteiger partial charge in [0.1, 0.15) is 11.5 Å². The Balaban J connectivity index is 1.80. The van der Waals surface area contributed by atoms with E-state index in [2.05, 4.69) is 22.7 Å². The van der Waals surface area contributed by atoms with Crippen molar-refractivity contribution in [3.63, 3.8) is 0 Å². The Hall–Kier alpha value is -3.19. The van der Waals surface area contributed by atoms with Gasteiger partial charge in [0.15, 0.2) is 0 Å². The highest BCUT2D eigenvalue weighted by molar-refractivity contribution is 6.30. The molecule has 0 radical (unpaired) electrons. The number of carbonyl (C=O) groups excluding carboxylic acids is 2. The average molecular weight is 404 g/mol. The number of halogens is 1. The van der Waals surface area contributed by atoms with Gasteiger partial charge in [-0.1, -0.05) is 30.3 Å². The molecular formula is C20H22ClN3O4. The van der Waals surface area contributed by atoms with Gasteiger partial charge in [-0.3, -0.25) is 15.0 Å². The van der Waals surface area contributed by atoms with Gasteiger partial charge in [0.25, 0.3) is 5.91 Å². The van der Waals surface area contributed by atoms with Crippen molar-refractivity contribution in [3.8, 4) is 11.5 Å². The van der Waals surface area contributed by atoms with E-state index in [4.69, 9.17) is 21.1 Å². The molecule has 2 aromatic carbocycles. The smallest absolute Gasteiger partial charge is 0.273 e. The van der Waals surface area contributed by atoms with E-state index in [9.17, 15) is 9.59 Å². The van der Waals surface area contributed by atoms with E-state index in [1.165, 1.54) is 14.2 Å². The molecule has 2 aromatic rings. The fourth-order valence-electron chi connectivity index (χ4n) is 2.30. The second-order valence-corrected chi connectivity index (χ2v) is 6.27. The molecule has 2 rings (SSSR count). The number of benzene rings is 2. The zero-order chi connectivity index (χ0) is 20.5. The lowest BCUT2D eigenvalue weighted by molar-refractivity contribution is -0.120. The number of methoxy groups -OCH3 is 2. The van der Waals surface area contributed by atoms with E-state index in [1.54, 1.807) is 30.3 Å². The number of amides is 2. The average Bonchev–Trinajstić information content (AvgIpc) is 2.71. The van der Waals surface area contributed by atoms with Crippen LogP contribution in [0.5, 0.6) is 11.5 Å². The van der Waals surface area contributed by atoms with E-state index < -0.39 is 5.91 Å². The molecule has 0 fully saturated rings. The maximum Gasteiger partial charge on any atom is 0.273 e. The summed E-state index contributed by atoms with van der Waals surface area (Å²) in [7, 11) is 2.99. The van der Waals surface area contributed by atoms with Crippen molar-refractivity contribution in [1.29, 1.82) is 0 Å². The summed E-state index contributed by atoms with van der Waals surface area (Å²) in [6.45, 7) is 4.12. The van der Waals surface area contributed by atoms with Gasteiger partial charge in [-0.2, -0.15) is 0 Å². The van der Waals surface area contributed by atoms with E-state index >= 15 is 0 Å². The van der Waals surface area contributed by atoms with E-state index in [-0.39, 0.29) is 12.3 Å². The normalized spacial score (nSPS) is 9.96. The van der Waals surface area contributed by atoms with Crippen LogP contribution in [0.2, 0.25) is 5.02 Å². The van der Waals surface area contributed by atoms with Gasteiger partial charge >= 0.3 is 0 Å². The standard InChI is InChI=1S/C20H22ClN3O4/c1-13(10-19(25)22-12-14-4-6-15(21)7-5-14)23-24-20(26)17-9-8-16(27-2)11-18(17)28-3/h4-9,11,23H,1,10,12H2,2-3H3,(H,22,25)(H,24,26). The Bertz CT molecular complexity index is 853. The summed E-state index contributed by atoms with van der Waals surface area (Å²) in [5.74, 6) is 0.277. The molecule has 0 spiro atoms. The minimum atomic E-state index is -0.428. The molecule has 0 heterocycles. The second-order valence-electron chi connectivity index (χ2n) is 5.83. The molecule has 0 aliphatic heterocycles. The van der Waals surface area contributed by atoms with Crippen molar-refractivity contribution in [3.05, 3.63) is 70.9 Å². The van der Waals surface area contributed by atoms with Gasteiger partial charge in [-0.05, 0) is 29.8 Å². The van der Waals surface area contributed by atoms with Crippen LogP contribution in [0.4, 0.5) is 0 Å². The molecule has 0 aliphatic carbocycles. The molecule has 0 saturated carbocycles. The molecule has 0 saturated heterocycles. The SMILES string of the molecule is C=C(CC(=O)NCc1ccc(Cl)cc1)NNC(=O)c1ccc(OC)cc1OC. The maximum absolute atomic E-state index is 12.3. The highest BCUT2D eigenvalue weighted by Gasteiger charge is 2.13. The lowest BCUT2D eigenvalue weighted by Crippen LogP contribution is -2.38. The summed E-state index contributed by atoms with van der Waals surface area (Å²) in [5.41, 5.74) is 6.72. The Kier molecular flexibility index (Phi) is 7.71.